The average molecular weight is 799 g/mol. The number of carboxylic acid groups (broad SMARTS) is 1. The van der Waals surface area contributed by atoms with Crippen LogP contribution in [0.3, 0.4) is 0 Å². The number of aromatic carboxylic acids is 1. The molecule has 0 saturated heterocycles. The summed E-state index contributed by atoms with van der Waals surface area (Å²) in [6, 6.07) is 27.2. The maximum absolute atomic E-state index is 13.4. The van der Waals surface area contributed by atoms with Gasteiger partial charge in [-0.25, -0.2) is 9.37 Å². The Balaban J connectivity index is 1.17. The molecule has 2 N–H and O–H groups in total. The number of thioether (sulfide) groups is 1. The lowest BCUT2D eigenvalue weighted by molar-refractivity contribution is 0.0697. The van der Waals surface area contributed by atoms with Crippen LogP contribution >= 0.6 is 11.8 Å². The number of rotatable bonds is 11. The van der Waals surface area contributed by atoms with E-state index in [1.165, 1.54) is 23.4 Å². The summed E-state index contributed by atoms with van der Waals surface area (Å²) in [6.45, 7) is 9.26. The maximum atomic E-state index is 13.4. The van der Waals surface area contributed by atoms with Crippen molar-refractivity contribution < 1.29 is 19.1 Å². The number of hydrogen-bond donors (Lipinski definition) is 2. The fourth-order valence-corrected chi connectivity index (χ4v) is 11.1. The quantitative estimate of drug-likeness (QED) is 0.0346. The minimum atomic E-state index is -1.14. The summed E-state index contributed by atoms with van der Waals surface area (Å²) in [5.74, 6) is 9.80. The van der Waals surface area contributed by atoms with Crippen molar-refractivity contribution in [3.63, 3.8) is 0 Å². The third-order valence-corrected chi connectivity index (χ3v) is 13.9. The number of benzene rings is 4. The molecule has 1 amide bonds. The van der Waals surface area contributed by atoms with Gasteiger partial charge < -0.3 is 19.7 Å². The Bertz CT molecular complexity index is 2510. The fraction of sp³-hybridized carbons (Fsp3) is 0.319. The molecule has 0 spiro atoms. The van der Waals surface area contributed by atoms with Gasteiger partial charge in [0.25, 0.3) is 5.91 Å². The molecule has 0 saturated carbocycles. The minimum absolute atomic E-state index is 0.00506. The second-order valence-electron chi connectivity index (χ2n) is 16.2. The van der Waals surface area contributed by atoms with E-state index in [4.69, 9.17) is 4.42 Å². The topological polar surface area (TPSA) is 110 Å². The Morgan fingerprint density at radius 1 is 0.947 bits per heavy atom. The highest BCUT2D eigenvalue weighted by Gasteiger charge is 2.37. The maximum Gasteiger partial charge on any atom is 0.336 e. The van der Waals surface area contributed by atoms with E-state index in [9.17, 15) is 20.0 Å². The first-order valence-corrected chi connectivity index (χ1v) is 21.6. The van der Waals surface area contributed by atoms with Crippen LogP contribution in [0.2, 0.25) is 0 Å². The summed E-state index contributed by atoms with van der Waals surface area (Å²) < 4.78 is 8.41. The molecule has 2 aliphatic heterocycles. The Hall–Kier alpha value is -5.42. The molecule has 292 valence electrons. The van der Waals surface area contributed by atoms with E-state index in [2.05, 4.69) is 75.2 Å². The number of amides is 1. The molecule has 3 aliphatic rings. The van der Waals surface area contributed by atoms with Gasteiger partial charge in [-0.15, -0.1) is 11.8 Å². The normalized spacial score (nSPS) is 15.0. The molecule has 3 aromatic carbocycles. The molecule has 0 fully saturated rings. The monoisotopic (exact) mass is 798 g/mol. The van der Waals surface area contributed by atoms with Gasteiger partial charge in [0.05, 0.1) is 28.5 Å². The third-order valence-electron chi connectivity index (χ3n) is 9.82. The number of nitriles is 1. The van der Waals surface area contributed by atoms with Gasteiger partial charge in [-0.1, -0.05) is 42.2 Å². The molecule has 2 heterocycles. The lowest BCUT2D eigenvalue weighted by Crippen LogP contribution is -2.29. The molecule has 0 radical (unpaired) electrons. The van der Waals surface area contributed by atoms with Crippen molar-refractivity contribution in [1.29, 1.82) is 5.26 Å². The Labute approximate surface area is 343 Å². The van der Waals surface area contributed by atoms with Crippen LogP contribution in [0.4, 0.5) is 5.69 Å². The standard InChI is InChI=1S/C47H48N4O4S2/c1-46(2)20-21-47(3,4)30-57(29-46)28-31-9-11-32(12-10-31)42(19-22-48)56-24-23-49-44(52)33-13-16-36(39(25-33)45(53)54)43-37-17-14-34(50(5)6)26-40(37)55-41-27-35(51(7)8)15-18-38(41)43/h9-19,25-27H,23-24,28-30H2,1-8H3/p+2. The van der Waals surface area contributed by atoms with Gasteiger partial charge in [-0.05, 0) is 80.0 Å². The van der Waals surface area contributed by atoms with Gasteiger partial charge in [-0.2, -0.15) is 5.26 Å². The summed E-state index contributed by atoms with van der Waals surface area (Å²) in [5, 5.41) is 24.7. The smallest absolute Gasteiger partial charge is 0.336 e. The van der Waals surface area contributed by atoms with Crippen LogP contribution in [-0.4, -0.2) is 69.0 Å². The van der Waals surface area contributed by atoms with Gasteiger partial charge in [-0.3, -0.25) is 4.79 Å². The molecule has 57 heavy (non-hydrogen) atoms. The fourth-order valence-electron chi connectivity index (χ4n) is 7.07. The van der Waals surface area contributed by atoms with Crippen molar-refractivity contribution in [3.8, 4) is 40.4 Å². The number of nitrogens with zero attached hydrogens (tertiary/aromatic N) is 3. The molecule has 3 aromatic rings. The molecule has 8 nitrogen and oxygen atoms in total. The summed E-state index contributed by atoms with van der Waals surface area (Å²) in [6.07, 6.45) is 1.54. The Morgan fingerprint density at radius 3 is 2.25 bits per heavy atom. The second-order valence-corrected chi connectivity index (χ2v) is 19.4. The molecule has 0 unspecified atom stereocenters. The minimum Gasteiger partial charge on any atom is -0.478 e. The molecular weight excluding hydrogens is 749 g/mol. The first-order chi connectivity index (χ1) is 27.0. The largest absolute Gasteiger partial charge is 0.478 e. The number of fused-ring (bicyclic) bond motifs is 2. The van der Waals surface area contributed by atoms with Gasteiger partial charge >= 0.3 is 5.97 Å². The molecule has 1 aliphatic carbocycles. The van der Waals surface area contributed by atoms with Crippen LogP contribution in [0, 0.1) is 34.0 Å². The highest BCUT2D eigenvalue weighted by atomic mass is 32.2. The summed E-state index contributed by atoms with van der Waals surface area (Å²) in [7, 11) is 8.01. The first-order valence-electron chi connectivity index (χ1n) is 18.9. The van der Waals surface area contributed by atoms with Crippen LogP contribution in [0.15, 0.2) is 89.4 Å². The molecule has 6 rings (SSSR count). The van der Waals surface area contributed by atoms with E-state index >= 15 is 0 Å². The van der Waals surface area contributed by atoms with Gasteiger partial charge in [0, 0.05) is 82.8 Å². The van der Waals surface area contributed by atoms with Crippen molar-refractivity contribution in [3.05, 3.63) is 113 Å². The van der Waals surface area contributed by atoms with E-state index < -0.39 is 5.97 Å². The number of carbonyl (C=O) groups is 2. The summed E-state index contributed by atoms with van der Waals surface area (Å²) >= 11 is 1.50. The predicted molar refractivity (Wildman–Crippen MR) is 238 cm³/mol. The van der Waals surface area contributed by atoms with E-state index in [1.807, 2.05) is 74.1 Å². The van der Waals surface area contributed by atoms with Crippen LogP contribution in [0.1, 0.15) is 59.5 Å². The number of carboxylic acids is 1. The highest BCUT2D eigenvalue weighted by molar-refractivity contribution is 8.08. The summed E-state index contributed by atoms with van der Waals surface area (Å²) in [5.41, 5.74) is 6.05. The first kappa shape index (κ1) is 41.2. The number of anilines is 1. The van der Waals surface area contributed by atoms with Gasteiger partial charge in [0.15, 0.2) is 0 Å². The van der Waals surface area contributed by atoms with E-state index in [0.717, 1.165) is 55.3 Å². The Kier molecular flexibility index (Phi) is 12.3. The molecule has 0 bridgehead atoms. The molecule has 10 heteroatoms. The number of allylic oxidation sites excluding steroid dienone is 1. The number of nitrogens with one attached hydrogen (secondary N) is 1. The highest BCUT2D eigenvalue weighted by Crippen LogP contribution is 2.42. The van der Waals surface area contributed by atoms with Crippen LogP contribution in [0.5, 0.6) is 0 Å². The van der Waals surface area contributed by atoms with Crippen molar-refractivity contribution in [2.75, 3.05) is 56.9 Å². The van der Waals surface area contributed by atoms with Gasteiger partial charge in [0.1, 0.15) is 42.7 Å². The zero-order valence-corrected chi connectivity index (χ0v) is 35.6. The zero-order valence-electron chi connectivity index (χ0n) is 33.9. The van der Waals surface area contributed by atoms with E-state index in [0.29, 0.717) is 29.2 Å². The number of carbonyl (C=O) groups excluding carboxylic acids is 1. The Morgan fingerprint density at radius 2 is 1.61 bits per heavy atom. The zero-order chi connectivity index (χ0) is 41.1. The van der Waals surface area contributed by atoms with E-state index in [-0.39, 0.29) is 38.8 Å². The van der Waals surface area contributed by atoms with Crippen LogP contribution < -0.4 is 20.1 Å². The van der Waals surface area contributed by atoms with Crippen LogP contribution in [-0.2, 0) is 16.6 Å². The van der Waals surface area contributed by atoms with Crippen molar-refractivity contribution in [1.82, 2.24) is 9.89 Å². The molecular formula is C47H50N4O4S2+2. The summed E-state index contributed by atoms with van der Waals surface area (Å²) in [4.78, 5) is 29.1. The SMILES string of the molecule is CN(C)c1ccc2c(-c3ccc(C(=O)NCCSC(=CC#N)c4ccc(C[S+]5CC(C)(C)C#CC(C)(C)C5)cc4)cc3C(=O)O)c3ccc(=[N+](C)C)cc-3oc2c1. The van der Waals surface area contributed by atoms with E-state index in [1.54, 1.807) is 18.2 Å². The van der Waals surface area contributed by atoms with Crippen molar-refractivity contribution in [2.45, 2.75) is 33.4 Å². The number of hydrogen-bond acceptors (Lipinski definition) is 6. The molecule has 0 atom stereocenters. The predicted octanol–water partition coefficient (Wildman–Crippen LogP) is 8.22. The van der Waals surface area contributed by atoms with Crippen molar-refractivity contribution in [2.24, 2.45) is 10.8 Å². The molecule has 0 aromatic heterocycles. The lowest BCUT2D eigenvalue weighted by atomic mass is 9.89. The lowest BCUT2D eigenvalue weighted by Gasteiger charge is -2.19. The van der Waals surface area contributed by atoms with Gasteiger partial charge in [0.2, 0.25) is 5.36 Å². The van der Waals surface area contributed by atoms with Crippen molar-refractivity contribution >= 4 is 56.1 Å². The van der Waals surface area contributed by atoms with Crippen LogP contribution in [0.25, 0.3) is 38.3 Å². The third kappa shape index (κ3) is 9.76. The second kappa shape index (κ2) is 17.0. The average Bonchev–Trinajstić information content (AvgIpc) is 3.27.